The van der Waals surface area contributed by atoms with Crippen molar-refractivity contribution in [2.45, 2.75) is 38.6 Å². The summed E-state index contributed by atoms with van der Waals surface area (Å²) in [5.74, 6) is 1.44. The fraction of sp³-hybridized carbons (Fsp3) is 0.522. The maximum absolute atomic E-state index is 12.1. The SMILES string of the molecule is COc1cccc(C(c2c(NC(C)=O)sc3c2CCCC3)N2CCOCC2)c1OC. The number of ether oxygens (including phenoxy) is 3. The number of morpholine rings is 1. The van der Waals surface area contributed by atoms with Gasteiger partial charge in [-0.15, -0.1) is 11.3 Å². The summed E-state index contributed by atoms with van der Waals surface area (Å²) in [6.07, 6.45) is 4.52. The quantitative estimate of drug-likeness (QED) is 0.750. The number of nitrogens with one attached hydrogen (secondary N) is 1. The number of rotatable bonds is 6. The molecule has 1 aliphatic carbocycles. The average Bonchev–Trinajstić information content (AvgIpc) is 3.11. The van der Waals surface area contributed by atoms with Crippen molar-refractivity contribution in [3.05, 3.63) is 39.8 Å². The number of carbonyl (C=O) groups excluding carboxylic acids is 1. The average molecular weight is 431 g/mol. The van der Waals surface area contributed by atoms with Gasteiger partial charge in [0.05, 0.1) is 33.5 Å². The summed E-state index contributed by atoms with van der Waals surface area (Å²) >= 11 is 1.74. The summed E-state index contributed by atoms with van der Waals surface area (Å²) in [5, 5.41) is 4.10. The van der Waals surface area contributed by atoms with Crippen LogP contribution in [0.5, 0.6) is 11.5 Å². The van der Waals surface area contributed by atoms with Crippen molar-refractivity contribution in [2.75, 3.05) is 45.8 Å². The molecule has 0 spiro atoms. The molecule has 1 aromatic heterocycles. The van der Waals surface area contributed by atoms with E-state index in [2.05, 4.69) is 16.3 Å². The molecule has 2 heterocycles. The van der Waals surface area contributed by atoms with E-state index in [0.717, 1.165) is 48.0 Å². The molecule has 2 aliphatic rings. The number of carbonyl (C=O) groups is 1. The van der Waals surface area contributed by atoms with Crippen LogP contribution in [0.4, 0.5) is 5.00 Å². The number of thiophene rings is 1. The lowest BCUT2D eigenvalue weighted by atomic mass is 9.88. The van der Waals surface area contributed by atoms with E-state index < -0.39 is 0 Å². The molecular weight excluding hydrogens is 400 g/mol. The number of hydrogen-bond donors (Lipinski definition) is 1. The number of para-hydroxylation sites is 1. The Morgan fingerprint density at radius 2 is 1.93 bits per heavy atom. The Balaban J connectivity index is 1.92. The van der Waals surface area contributed by atoms with Gasteiger partial charge in [0.15, 0.2) is 11.5 Å². The molecule has 0 radical (unpaired) electrons. The topological polar surface area (TPSA) is 60.0 Å². The normalized spacial score (nSPS) is 17.8. The summed E-state index contributed by atoms with van der Waals surface area (Å²) < 4.78 is 17.1. The summed E-state index contributed by atoms with van der Waals surface area (Å²) in [6, 6.07) is 6.03. The molecule has 0 saturated carbocycles. The van der Waals surface area contributed by atoms with Gasteiger partial charge in [0, 0.05) is 36.0 Å². The molecule has 1 saturated heterocycles. The van der Waals surface area contributed by atoms with Gasteiger partial charge in [-0.2, -0.15) is 0 Å². The fourth-order valence-corrected chi connectivity index (χ4v) is 6.00. The third-order valence-corrected chi connectivity index (χ3v) is 7.14. The van der Waals surface area contributed by atoms with E-state index in [4.69, 9.17) is 14.2 Å². The van der Waals surface area contributed by atoms with Gasteiger partial charge in [0.2, 0.25) is 5.91 Å². The van der Waals surface area contributed by atoms with E-state index in [1.54, 1.807) is 32.5 Å². The Kier molecular flexibility index (Phi) is 6.61. The number of nitrogens with zero attached hydrogens (tertiary/aromatic N) is 1. The molecule has 1 N–H and O–H groups in total. The third-order valence-electron chi connectivity index (χ3n) is 5.91. The summed E-state index contributed by atoms with van der Waals surface area (Å²) in [5.41, 5.74) is 3.69. The lowest BCUT2D eigenvalue weighted by molar-refractivity contribution is -0.114. The number of methoxy groups -OCH3 is 2. The summed E-state index contributed by atoms with van der Waals surface area (Å²) in [4.78, 5) is 15.9. The maximum atomic E-state index is 12.1. The lowest BCUT2D eigenvalue weighted by Crippen LogP contribution is -2.40. The van der Waals surface area contributed by atoms with Crippen LogP contribution in [0.25, 0.3) is 0 Å². The molecule has 1 amide bonds. The molecule has 6 nitrogen and oxygen atoms in total. The number of anilines is 1. The Bertz CT molecular complexity index is 905. The van der Waals surface area contributed by atoms with Gasteiger partial charge in [-0.1, -0.05) is 12.1 Å². The Morgan fingerprint density at radius 1 is 1.17 bits per heavy atom. The second kappa shape index (κ2) is 9.37. The first-order valence-electron chi connectivity index (χ1n) is 10.6. The number of benzene rings is 1. The Morgan fingerprint density at radius 3 is 2.63 bits per heavy atom. The molecule has 2 aromatic rings. The van der Waals surface area contributed by atoms with Crippen molar-refractivity contribution in [3.8, 4) is 11.5 Å². The number of amides is 1. The fourth-order valence-electron chi connectivity index (χ4n) is 4.63. The van der Waals surface area contributed by atoms with Crippen LogP contribution in [0.15, 0.2) is 18.2 Å². The monoisotopic (exact) mass is 430 g/mol. The molecule has 4 rings (SSSR count). The molecular formula is C23H30N2O4S. The second-order valence-electron chi connectivity index (χ2n) is 7.77. The van der Waals surface area contributed by atoms with Gasteiger partial charge >= 0.3 is 0 Å². The molecule has 162 valence electrons. The number of aryl methyl sites for hydroxylation is 1. The van der Waals surface area contributed by atoms with Crippen LogP contribution in [0.1, 0.15) is 47.4 Å². The number of fused-ring (bicyclic) bond motifs is 1. The smallest absolute Gasteiger partial charge is 0.221 e. The van der Waals surface area contributed by atoms with Crippen molar-refractivity contribution >= 4 is 22.2 Å². The molecule has 1 fully saturated rings. The van der Waals surface area contributed by atoms with E-state index in [1.165, 1.54) is 28.8 Å². The highest BCUT2D eigenvalue weighted by Gasteiger charge is 2.34. The van der Waals surface area contributed by atoms with Crippen LogP contribution >= 0.6 is 11.3 Å². The molecule has 1 aliphatic heterocycles. The zero-order chi connectivity index (χ0) is 21.1. The lowest BCUT2D eigenvalue weighted by Gasteiger charge is -2.36. The molecule has 1 aromatic carbocycles. The van der Waals surface area contributed by atoms with Crippen molar-refractivity contribution in [3.63, 3.8) is 0 Å². The largest absolute Gasteiger partial charge is 0.493 e. The van der Waals surface area contributed by atoms with Gasteiger partial charge in [0.1, 0.15) is 5.00 Å². The zero-order valence-corrected chi connectivity index (χ0v) is 18.8. The van der Waals surface area contributed by atoms with Gasteiger partial charge in [-0.3, -0.25) is 9.69 Å². The molecule has 1 atom stereocenters. The predicted octanol–water partition coefficient (Wildman–Crippen LogP) is 4.02. The van der Waals surface area contributed by atoms with E-state index in [-0.39, 0.29) is 11.9 Å². The Hall–Kier alpha value is -2.09. The van der Waals surface area contributed by atoms with Crippen molar-refractivity contribution < 1.29 is 19.0 Å². The molecule has 30 heavy (non-hydrogen) atoms. The van der Waals surface area contributed by atoms with Gasteiger partial charge in [-0.25, -0.2) is 0 Å². The minimum absolute atomic E-state index is 0.0288. The zero-order valence-electron chi connectivity index (χ0n) is 18.0. The van der Waals surface area contributed by atoms with E-state index in [9.17, 15) is 4.79 Å². The van der Waals surface area contributed by atoms with Crippen LogP contribution in [-0.2, 0) is 22.4 Å². The molecule has 7 heteroatoms. The standard InChI is InChI=1S/C23H30N2O4S/c1-15(26)24-23-20(16-7-4-5-10-19(16)30-23)21(25-11-13-29-14-12-25)17-8-6-9-18(27-2)22(17)28-3/h6,8-9,21H,4-5,7,10-14H2,1-3H3,(H,24,26). The van der Waals surface area contributed by atoms with Crippen LogP contribution in [0.3, 0.4) is 0 Å². The van der Waals surface area contributed by atoms with Crippen LogP contribution < -0.4 is 14.8 Å². The Labute approximate surface area is 182 Å². The second-order valence-corrected chi connectivity index (χ2v) is 8.87. The van der Waals surface area contributed by atoms with Crippen molar-refractivity contribution in [1.29, 1.82) is 0 Å². The first-order valence-corrected chi connectivity index (χ1v) is 11.4. The highest BCUT2D eigenvalue weighted by Crippen LogP contribution is 2.48. The van der Waals surface area contributed by atoms with E-state index in [0.29, 0.717) is 13.2 Å². The molecule has 0 bridgehead atoms. The molecule has 1 unspecified atom stereocenters. The highest BCUT2D eigenvalue weighted by molar-refractivity contribution is 7.16. The van der Waals surface area contributed by atoms with Gasteiger partial charge in [0.25, 0.3) is 0 Å². The van der Waals surface area contributed by atoms with Crippen LogP contribution in [0.2, 0.25) is 0 Å². The number of hydrogen-bond acceptors (Lipinski definition) is 6. The van der Waals surface area contributed by atoms with Gasteiger partial charge < -0.3 is 19.5 Å². The van der Waals surface area contributed by atoms with Crippen LogP contribution in [0, 0.1) is 0 Å². The van der Waals surface area contributed by atoms with Crippen LogP contribution in [-0.4, -0.2) is 51.3 Å². The van der Waals surface area contributed by atoms with E-state index in [1.807, 2.05) is 12.1 Å². The summed E-state index contributed by atoms with van der Waals surface area (Å²) in [6.45, 7) is 4.64. The third kappa shape index (κ3) is 4.06. The first kappa shape index (κ1) is 21.2. The minimum atomic E-state index is -0.0341. The van der Waals surface area contributed by atoms with Crippen molar-refractivity contribution in [1.82, 2.24) is 4.90 Å². The predicted molar refractivity (Wildman–Crippen MR) is 119 cm³/mol. The maximum Gasteiger partial charge on any atom is 0.221 e. The van der Waals surface area contributed by atoms with Gasteiger partial charge in [-0.05, 0) is 37.3 Å². The summed E-state index contributed by atoms with van der Waals surface area (Å²) in [7, 11) is 3.36. The minimum Gasteiger partial charge on any atom is -0.493 e. The van der Waals surface area contributed by atoms with E-state index >= 15 is 0 Å². The van der Waals surface area contributed by atoms with Crippen molar-refractivity contribution in [2.24, 2.45) is 0 Å². The highest BCUT2D eigenvalue weighted by atomic mass is 32.1. The first-order chi connectivity index (χ1) is 14.6.